The standard InChI is InChI=1S/C16H26N2O/c1-4-12(2)13(3)18-16(19)15(11-17)10-14-8-6-5-7-9-14/h5-9,12-13,15H,4,10-11,17H2,1-3H3,(H,18,19). The number of rotatable bonds is 7. The number of benzene rings is 1. The molecule has 0 aliphatic heterocycles. The van der Waals surface area contributed by atoms with Crippen molar-refractivity contribution >= 4 is 5.91 Å². The molecule has 3 atom stereocenters. The van der Waals surface area contributed by atoms with Crippen molar-refractivity contribution in [3.05, 3.63) is 35.9 Å². The molecule has 1 rings (SSSR count). The highest BCUT2D eigenvalue weighted by Crippen LogP contribution is 2.11. The first kappa shape index (κ1) is 15.7. The summed E-state index contributed by atoms with van der Waals surface area (Å²) >= 11 is 0. The van der Waals surface area contributed by atoms with Gasteiger partial charge in [0.2, 0.25) is 5.91 Å². The van der Waals surface area contributed by atoms with Gasteiger partial charge in [-0.1, -0.05) is 50.6 Å². The number of carbonyl (C=O) groups excluding carboxylic acids is 1. The van der Waals surface area contributed by atoms with E-state index in [0.717, 1.165) is 12.0 Å². The molecule has 0 aliphatic rings. The van der Waals surface area contributed by atoms with Gasteiger partial charge in [0.05, 0.1) is 5.92 Å². The van der Waals surface area contributed by atoms with E-state index in [1.165, 1.54) is 0 Å². The fourth-order valence-electron chi connectivity index (χ4n) is 2.02. The van der Waals surface area contributed by atoms with Crippen LogP contribution >= 0.6 is 0 Å². The molecule has 0 bridgehead atoms. The number of nitrogens with two attached hydrogens (primary N) is 1. The second kappa shape index (κ2) is 7.95. The lowest BCUT2D eigenvalue weighted by Gasteiger charge is -2.23. The average Bonchev–Trinajstić information content (AvgIpc) is 2.44. The molecule has 1 amide bonds. The molecular formula is C16H26N2O. The summed E-state index contributed by atoms with van der Waals surface area (Å²) in [7, 11) is 0. The van der Waals surface area contributed by atoms with Gasteiger partial charge in [-0.05, 0) is 24.8 Å². The highest BCUT2D eigenvalue weighted by atomic mass is 16.1. The van der Waals surface area contributed by atoms with Gasteiger partial charge >= 0.3 is 0 Å². The van der Waals surface area contributed by atoms with Crippen LogP contribution in [0.15, 0.2) is 30.3 Å². The maximum atomic E-state index is 12.2. The van der Waals surface area contributed by atoms with Crippen molar-refractivity contribution in [2.45, 2.75) is 39.7 Å². The van der Waals surface area contributed by atoms with Crippen LogP contribution in [-0.4, -0.2) is 18.5 Å². The summed E-state index contributed by atoms with van der Waals surface area (Å²) < 4.78 is 0. The first-order valence-electron chi connectivity index (χ1n) is 7.12. The molecule has 0 heterocycles. The van der Waals surface area contributed by atoms with E-state index in [1.807, 2.05) is 30.3 Å². The summed E-state index contributed by atoms with van der Waals surface area (Å²) in [5, 5.41) is 3.08. The van der Waals surface area contributed by atoms with Gasteiger partial charge in [0, 0.05) is 12.6 Å². The van der Waals surface area contributed by atoms with Gasteiger partial charge in [-0.25, -0.2) is 0 Å². The average molecular weight is 262 g/mol. The molecule has 19 heavy (non-hydrogen) atoms. The van der Waals surface area contributed by atoms with Crippen molar-refractivity contribution in [1.82, 2.24) is 5.32 Å². The maximum absolute atomic E-state index is 12.2. The SMILES string of the molecule is CCC(C)C(C)NC(=O)C(CN)Cc1ccccc1. The molecule has 1 aromatic carbocycles. The van der Waals surface area contributed by atoms with Crippen molar-refractivity contribution in [3.8, 4) is 0 Å². The molecule has 3 heteroatoms. The van der Waals surface area contributed by atoms with Crippen molar-refractivity contribution < 1.29 is 4.79 Å². The second-order valence-corrected chi connectivity index (χ2v) is 5.31. The Morgan fingerprint density at radius 2 is 1.89 bits per heavy atom. The molecule has 3 nitrogen and oxygen atoms in total. The zero-order valence-corrected chi connectivity index (χ0v) is 12.2. The van der Waals surface area contributed by atoms with E-state index in [0.29, 0.717) is 18.9 Å². The van der Waals surface area contributed by atoms with Crippen LogP contribution in [0.3, 0.4) is 0 Å². The van der Waals surface area contributed by atoms with Crippen LogP contribution < -0.4 is 11.1 Å². The lowest BCUT2D eigenvalue weighted by atomic mass is 9.96. The largest absolute Gasteiger partial charge is 0.353 e. The van der Waals surface area contributed by atoms with Crippen molar-refractivity contribution in [2.75, 3.05) is 6.54 Å². The summed E-state index contributed by atoms with van der Waals surface area (Å²) in [4.78, 5) is 12.2. The number of amides is 1. The van der Waals surface area contributed by atoms with E-state index in [2.05, 4.69) is 26.1 Å². The van der Waals surface area contributed by atoms with Gasteiger partial charge in [-0.3, -0.25) is 4.79 Å². The Morgan fingerprint density at radius 1 is 1.26 bits per heavy atom. The third kappa shape index (κ3) is 5.03. The minimum atomic E-state index is -0.145. The quantitative estimate of drug-likeness (QED) is 0.792. The van der Waals surface area contributed by atoms with Gasteiger partial charge < -0.3 is 11.1 Å². The van der Waals surface area contributed by atoms with Crippen LogP contribution in [0.25, 0.3) is 0 Å². The van der Waals surface area contributed by atoms with E-state index in [-0.39, 0.29) is 17.9 Å². The molecule has 0 radical (unpaired) electrons. The predicted octanol–water partition coefficient (Wildman–Crippen LogP) is 2.35. The summed E-state index contributed by atoms with van der Waals surface area (Å²) in [5.41, 5.74) is 6.90. The minimum absolute atomic E-state index is 0.0687. The molecule has 0 spiro atoms. The van der Waals surface area contributed by atoms with E-state index in [1.54, 1.807) is 0 Å². The minimum Gasteiger partial charge on any atom is -0.353 e. The Hall–Kier alpha value is -1.35. The van der Waals surface area contributed by atoms with Crippen molar-refractivity contribution in [2.24, 2.45) is 17.6 Å². The van der Waals surface area contributed by atoms with Crippen molar-refractivity contribution in [3.63, 3.8) is 0 Å². The Labute approximate surface area is 116 Å². The van der Waals surface area contributed by atoms with Crippen LogP contribution in [-0.2, 0) is 11.2 Å². The van der Waals surface area contributed by atoms with Gasteiger partial charge in [0.15, 0.2) is 0 Å². The highest BCUT2D eigenvalue weighted by Gasteiger charge is 2.20. The summed E-state index contributed by atoms with van der Waals surface area (Å²) in [6.07, 6.45) is 1.77. The topological polar surface area (TPSA) is 55.1 Å². The van der Waals surface area contributed by atoms with Gasteiger partial charge in [0.1, 0.15) is 0 Å². The number of carbonyl (C=O) groups is 1. The normalized spacial score (nSPS) is 15.6. The molecule has 1 aromatic rings. The van der Waals surface area contributed by atoms with Crippen LogP contribution in [0.4, 0.5) is 0 Å². The van der Waals surface area contributed by atoms with E-state index < -0.39 is 0 Å². The first-order chi connectivity index (χ1) is 9.08. The van der Waals surface area contributed by atoms with Gasteiger partial charge in [-0.2, -0.15) is 0 Å². The Balaban J connectivity index is 2.57. The molecule has 0 aromatic heterocycles. The number of hydrogen-bond donors (Lipinski definition) is 2. The number of nitrogens with one attached hydrogen (secondary N) is 1. The van der Waals surface area contributed by atoms with E-state index >= 15 is 0 Å². The smallest absolute Gasteiger partial charge is 0.224 e. The summed E-state index contributed by atoms with van der Waals surface area (Å²) in [5.74, 6) is 0.409. The van der Waals surface area contributed by atoms with Crippen LogP contribution in [0.2, 0.25) is 0 Å². The molecule has 0 saturated heterocycles. The molecule has 0 fully saturated rings. The molecule has 3 N–H and O–H groups in total. The van der Waals surface area contributed by atoms with Crippen LogP contribution in [0.5, 0.6) is 0 Å². The third-order valence-electron chi connectivity index (χ3n) is 3.85. The molecule has 106 valence electrons. The Kier molecular flexibility index (Phi) is 6.57. The van der Waals surface area contributed by atoms with E-state index in [4.69, 9.17) is 5.73 Å². The van der Waals surface area contributed by atoms with Crippen LogP contribution in [0, 0.1) is 11.8 Å². The monoisotopic (exact) mass is 262 g/mol. The van der Waals surface area contributed by atoms with Gasteiger partial charge in [-0.15, -0.1) is 0 Å². The molecule has 0 aliphatic carbocycles. The van der Waals surface area contributed by atoms with Crippen LogP contribution in [0.1, 0.15) is 32.8 Å². The summed E-state index contributed by atoms with van der Waals surface area (Å²) in [6.45, 7) is 6.73. The van der Waals surface area contributed by atoms with E-state index in [9.17, 15) is 4.79 Å². The predicted molar refractivity (Wildman–Crippen MR) is 79.8 cm³/mol. The zero-order valence-electron chi connectivity index (χ0n) is 12.2. The maximum Gasteiger partial charge on any atom is 0.224 e. The fourth-order valence-corrected chi connectivity index (χ4v) is 2.02. The molecular weight excluding hydrogens is 236 g/mol. The molecule has 3 unspecified atom stereocenters. The van der Waals surface area contributed by atoms with Gasteiger partial charge in [0.25, 0.3) is 0 Å². The summed E-state index contributed by atoms with van der Waals surface area (Å²) in [6, 6.07) is 10.2. The van der Waals surface area contributed by atoms with Crippen molar-refractivity contribution in [1.29, 1.82) is 0 Å². The second-order valence-electron chi connectivity index (χ2n) is 5.31. The Bertz CT molecular complexity index is 378. The fraction of sp³-hybridized carbons (Fsp3) is 0.562. The first-order valence-corrected chi connectivity index (χ1v) is 7.12. The lowest BCUT2D eigenvalue weighted by molar-refractivity contribution is -0.125. The lowest BCUT2D eigenvalue weighted by Crippen LogP contribution is -2.43. The Morgan fingerprint density at radius 3 is 2.42 bits per heavy atom. The number of hydrogen-bond acceptors (Lipinski definition) is 2. The highest BCUT2D eigenvalue weighted by molar-refractivity contribution is 5.79. The molecule has 0 saturated carbocycles. The zero-order chi connectivity index (χ0) is 14.3. The third-order valence-corrected chi connectivity index (χ3v) is 3.85.